The lowest BCUT2D eigenvalue weighted by atomic mass is 9.98. The molecule has 24 heavy (non-hydrogen) atoms. The Bertz CT molecular complexity index is 724. The van der Waals surface area contributed by atoms with Crippen LogP contribution in [-0.2, 0) is 4.79 Å². The summed E-state index contributed by atoms with van der Waals surface area (Å²) >= 11 is 1.64. The largest absolute Gasteiger partial charge is 0.497 e. The molecule has 1 saturated heterocycles. The number of aromatic nitrogens is 2. The molecule has 1 amide bonds. The smallest absolute Gasteiger partial charge is 0.225 e. The summed E-state index contributed by atoms with van der Waals surface area (Å²) in [5.74, 6) is 1.81. The van der Waals surface area contributed by atoms with E-state index >= 15 is 0 Å². The second-order valence-electron chi connectivity index (χ2n) is 6.57. The Morgan fingerprint density at radius 1 is 1.21 bits per heavy atom. The van der Waals surface area contributed by atoms with Crippen molar-refractivity contribution in [3.8, 4) is 16.3 Å². The van der Waals surface area contributed by atoms with Gasteiger partial charge in [-0.1, -0.05) is 11.3 Å². The molecular formula is C18H21N3O2S. The van der Waals surface area contributed by atoms with Gasteiger partial charge in [0.15, 0.2) is 0 Å². The second kappa shape index (κ2) is 6.51. The molecule has 1 aromatic heterocycles. The fourth-order valence-corrected chi connectivity index (χ4v) is 4.19. The van der Waals surface area contributed by atoms with E-state index < -0.39 is 0 Å². The number of rotatable bonds is 4. The normalized spacial score (nSPS) is 20.9. The standard InChI is InChI=1S/C18H21N3O2S/c1-23-15-8-6-12(7-9-15)16-19-20-17(24-16)14-3-2-10-21(11-14)18(22)13-4-5-13/h6-9,13-14H,2-5,10-11H2,1H3/t14-/m0/s1. The number of ether oxygens (including phenoxy) is 1. The van der Waals surface area contributed by atoms with Crippen molar-refractivity contribution in [2.75, 3.05) is 20.2 Å². The van der Waals surface area contributed by atoms with E-state index in [0.29, 0.717) is 17.7 Å². The van der Waals surface area contributed by atoms with Crippen LogP contribution in [0.1, 0.15) is 36.6 Å². The van der Waals surface area contributed by atoms with Gasteiger partial charge >= 0.3 is 0 Å². The monoisotopic (exact) mass is 343 g/mol. The van der Waals surface area contributed by atoms with Gasteiger partial charge in [-0.25, -0.2) is 0 Å². The lowest BCUT2D eigenvalue weighted by Crippen LogP contribution is -2.39. The second-order valence-corrected chi connectivity index (χ2v) is 7.58. The van der Waals surface area contributed by atoms with Gasteiger partial charge in [-0.2, -0.15) is 0 Å². The van der Waals surface area contributed by atoms with E-state index in [2.05, 4.69) is 10.2 Å². The molecule has 1 aromatic carbocycles. The van der Waals surface area contributed by atoms with Crippen molar-refractivity contribution in [2.24, 2.45) is 5.92 Å². The molecule has 0 N–H and O–H groups in total. The highest BCUT2D eigenvalue weighted by Crippen LogP contribution is 2.36. The first-order valence-corrected chi connectivity index (χ1v) is 9.33. The van der Waals surface area contributed by atoms with Crippen LogP contribution < -0.4 is 4.74 Å². The van der Waals surface area contributed by atoms with Crippen LogP contribution >= 0.6 is 11.3 Å². The molecule has 126 valence electrons. The summed E-state index contributed by atoms with van der Waals surface area (Å²) in [5.41, 5.74) is 1.06. The molecule has 2 heterocycles. The van der Waals surface area contributed by atoms with Gasteiger partial charge in [0.2, 0.25) is 5.91 Å². The molecule has 1 aliphatic carbocycles. The third-order valence-corrected chi connectivity index (χ3v) is 5.92. The van der Waals surface area contributed by atoms with Crippen LogP contribution in [-0.4, -0.2) is 41.2 Å². The van der Waals surface area contributed by atoms with Crippen LogP contribution in [0.4, 0.5) is 0 Å². The number of amides is 1. The van der Waals surface area contributed by atoms with Crippen molar-refractivity contribution in [2.45, 2.75) is 31.6 Å². The molecule has 4 rings (SSSR count). The molecule has 1 saturated carbocycles. The minimum Gasteiger partial charge on any atom is -0.497 e. The molecule has 2 fully saturated rings. The first-order valence-electron chi connectivity index (χ1n) is 8.51. The van der Waals surface area contributed by atoms with Crippen LogP contribution in [0.2, 0.25) is 0 Å². The van der Waals surface area contributed by atoms with E-state index in [0.717, 1.165) is 60.1 Å². The van der Waals surface area contributed by atoms with Gasteiger partial charge in [-0.15, -0.1) is 10.2 Å². The van der Waals surface area contributed by atoms with E-state index in [9.17, 15) is 4.79 Å². The quantitative estimate of drug-likeness (QED) is 0.854. The molecule has 5 nitrogen and oxygen atoms in total. The van der Waals surface area contributed by atoms with Gasteiger partial charge in [0.05, 0.1) is 7.11 Å². The molecular weight excluding hydrogens is 322 g/mol. The summed E-state index contributed by atoms with van der Waals surface area (Å²) in [7, 11) is 1.66. The van der Waals surface area contributed by atoms with E-state index in [1.807, 2.05) is 29.2 Å². The summed E-state index contributed by atoms with van der Waals surface area (Å²) in [6.45, 7) is 1.70. The molecule has 0 bridgehead atoms. The maximum absolute atomic E-state index is 12.3. The Morgan fingerprint density at radius 2 is 2.00 bits per heavy atom. The Labute approximate surface area is 145 Å². The molecule has 1 atom stereocenters. The molecule has 6 heteroatoms. The van der Waals surface area contributed by atoms with Gasteiger partial charge in [0.1, 0.15) is 15.8 Å². The molecule has 0 spiro atoms. The molecule has 1 aliphatic heterocycles. The average molecular weight is 343 g/mol. The van der Waals surface area contributed by atoms with Crippen molar-refractivity contribution < 1.29 is 9.53 Å². The summed E-state index contributed by atoms with van der Waals surface area (Å²) in [6, 6.07) is 7.89. The van der Waals surface area contributed by atoms with Crippen LogP contribution in [0.15, 0.2) is 24.3 Å². The minimum atomic E-state index is 0.299. The predicted octanol–water partition coefficient (Wildman–Crippen LogP) is 3.33. The maximum atomic E-state index is 12.3. The van der Waals surface area contributed by atoms with E-state index in [4.69, 9.17) is 4.74 Å². The zero-order valence-electron chi connectivity index (χ0n) is 13.8. The maximum Gasteiger partial charge on any atom is 0.225 e. The summed E-state index contributed by atoms with van der Waals surface area (Å²) < 4.78 is 5.19. The predicted molar refractivity (Wildman–Crippen MR) is 93.2 cm³/mol. The van der Waals surface area contributed by atoms with Crippen LogP contribution in [0.25, 0.3) is 10.6 Å². The van der Waals surface area contributed by atoms with Crippen LogP contribution in [0, 0.1) is 5.92 Å². The fourth-order valence-electron chi connectivity index (χ4n) is 3.22. The summed E-state index contributed by atoms with van der Waals surface area (Å²) in [6.07, 6.45) is 4.28. The number of carbonyl (C=O) groups excluding carboxylic acids is 1. The molecule has 0 unspecified atom stereocenters. The third-order valence-electron chi connectivity index (χ3n) is 4.79. The van der Waals surface area contributed by atoms with E-state index in [1.54, 1.807) is 18.4 Å². The zero-order chi connectivity index (χ0) is 16.5. The third kappa shape index (κ3) is 3.15. The Morgan fingerprint density at radius 3 is 2.71 bits per heavy atom. The van der Waals surface area contributed by atoms with Crippen molar-refractivity contribution in [1.29, 1.82) is 0 Å². The van der Waals surface area contributed by atoms with Gasteiger partial charge in [0.25, 0.3) is 0 Å². The highest BCUT2D eigenvalue weighted by Gasteiger charge is 2.36. The lowest BCUT2D eigenvalue weighted by molar-refractivity contribution is -0.133. The van der Waals surface area contributed by atoms with Crippen molar-refractivity contribution in [3.05, 3.63) is 29.3 Å². The minimum absolute atomic E-state index is 0.299. The topological polar surface area (TPSA) is 55.3 Å². The number of hydrogen-bond acceptors (Lipinski definition) is 5. The number of methoxy groups -OCH3 is 1. The fraction of sp³-hybridized carbons (Fsp3) is 0.500. The number of nitrogens with zero attached hydrogens (tertiary/aromatic N) is 3. The molecule has 2 aliphatic rings. The first-order chi connectivity index (χ1) is 11.7. The van der Waals surface area contributed by atoms with E-state index in [-0.39, 0.29) is 0 Å². The van der Waals surface area contributed by atoms with Crippen molar-refractivity contribution in [1.82, 2.24) is 15.1 Å². The van der Waals surface area contributed by atoms with Crippen molar-refractivity contribution >= 4 is 17.2 Å². The molecule has 2 aromatic rings. The average Bonchev–Trinajstić information content (AvgIpc) is 3.38. The van der Waals surface area contributed by atoms with Gasteiger partial charge in [-0.3, -0.25) is 4.79 Å². The first kappa shape index (κ1) is 15.6. The highest BCUT2D eigenvalue weighted by atomic mass is 32.1. The summed E-state index contributed by atoms with van der Waals surface area (Å²) in [5, 5.41) is 10.8. The number of benzene rings is 1. The van der Waals surface area contributed by atoms with Gasteiger partial charge < -0.3 is 9.64 Å². The van der Waals surface area contributed by atoms with Crippen molar-refractivity contribution in [3.63, 3.8) is 0 Å². The highest BCUT2D eigenvalue weighted by molar-refractivity contribution is 7.14. The Balaban J connectivity index is 1.48. The number of carbonyl (C=O) groups is 1. The van der Waals surface area contributed by atoms with Crippen LogP contribution in [0.3, 0.4) is 0 Å². The number of hydrogen-bond donors (Lipinski definition) is 0. The Hall–Kier alpha value is -1.95. The lowest BCUT2D eigenvalue weighted by Gasteiger charge is -2.31. The SMILES string of the molecule is COc1ccc(-c2nnc([C@H]3CCCN(C(=O)C4CC4)C3)s2)cc1. The number of likely N-dealkylation sites (tertiary alicyclic amines) is 1. The molecule has 0 radical (unpaired) electrons. The zero-order valence-corrected chi connectivity index (χ0v) is 14.6. The Kier molecular flexibility index (Phi) is 4.22. The van der Waals surface area contributed by atoms with Gasteiger partial charge in [-0.05, 0) is 49.9 Å². The van der Waals surface area contributed by atoms with Gasteiger partial charge in [0, 0.05) is 30.5 Å². The summed E-state index contributed by atoms with van der Waals surface area (Å²) in [4.78, 5) is 14.3. The van der Waals surface area contributed by atoms with Crippen LogP contribution in [0.5, 0.6) is 5.75 Å². The van der Waals surface area contributed by atoms with E-state index in [1.165, 1.54) is 0 Å². The number of piperidine rings is 1.